The first kappa shape index (κ1) is 9.07. The second-order valence-corrected chi connectivity index (χ2v) is 3.03. The van der Waals surface area contributed by atoms with Crippen LogP contribution in [0.4, 0.5) is 0 Å². The van der Waals surface area contributed by atoms with Crippen LogP contribution in [0.5, 0.6) is 0 Å². The number of carbonyl (C=O) groups is 1. The molecule has 1 aromatic rings. The number of rotatable bonds is 2. The van der Waals surface area contributed by atoms with Crippen molar-refractivity contribution in [2.75, 3.05) is 0 Å². The molecule has 3 heteroatoms. The Labute approximate surface area is 75.8 Å². The Bertz CT molecular complexity index is 279. The van der Waals surface area contributed by atoms with Gasteiger partial charge in [0.2, 0.25) is 0 Å². The monoisotopic (exact) mass is 183 g/mol. The van der Waals surface area contributed by atoms with Gasteiger partial charge >= 0.3 is 0 Å². The summed E-state index contributed by atoms with van der Waals surface area (Å²) >= 11 is 5.63. The first-order valence-corrected chi connectivity index (χ1v) is 3.95. The minimum atomic E-state index is -1.07. The van der Waals surface area contributed by atoms with Crippen molar-refractivity contribution in [3.63, 3.8) is 0 Å². The molecule has 0 radical (unpaired) electrons. The predicted molar refractivity (Wildman–Crippen MR) is 44.9 cm³/mol. The molecule has 0 bridgehead atoms. The summed E-state index contributed by atoms with van der Waals surface area (Å²) in [7, 11) is 0. The van der Waals surface area contributed by atoms with E-state index in [0.717, 1.165) is 0 Å². The van der Waals surface area contributed by atoms with Crippen molar-refractivity contribution in [1.29, 1.82) is 0 Å². The molecule has 0 aliphatic heterocycles. The fraction of sp³-hybridized carbons (Fsp3) is 0.222. The van der Waals surface area contributed by atoms with Crippen LogP contribution < -0.4 is 5.11 Å². The van der Waals surface area contributed by atoms with Crippen molar-refractivity contribution in [3.8, 4) is 0 Å². The van der Waals surface area contributed by atoms with E-state index >= 15 is 0 Å². The van der Waals surface area contributed by atoms with Crippen LogP contribution >= 0.6 is 11.6 Å². The lowest BCUT2D eigenvalue weighted by atomic mass is 10.0. The average Bonchev–Trinajstić information content (AvgIpc) is 2.04. The topological polar surface area (TPSA) is 40.1 Å². The van der Waals surface area contributed by atoms with Crippen LogP contribution in [-0.2, 0) is 4.79 Å². The molecule has 0 fully saturated rings. The van der Waals surface area contributed by atoms with Gasteiger partial charge in [0, 0.05) is 16.9 Å². The number of halogens is 1. The molecule has 0 heterocycles. The highest BCUT2D eigenvalue weighted by Crippen LogP contribution is 2.17. The van der Waals surface area contributed by atoms with Gasteiger partial charge in [-0.2, -0.15) is 0 Å². The Morgan fingerprint density at radius 1 is 1.42 bits per heavy atom. The van der Waals surface area contributed by atoms with Gasteiger partial charge in [-0.3, -0.25) is 0 Å². The van der Waals surface area contributed by atoms with E-state index in [0.29, 0.717) is 10.6 Å². The van der Waals surface area contributed by atoms with E-state index in [1.165, 1.54) is 0 Å². The lowest BCUT2D eigenvalue weighted by molar-refractivity contribution is -0.307. The van der Waals surface area contributed by atoms with Crippen LogP contribution in [-0.4, -0.2) is 5.97 Å². The van der Waals surface area contributed by atoms with Gasteiger partial charge < -0.3 is 9.90 Å². The molecule has 0 N–H and O–H groups in total. The van der Waals surface area contributed by atoms with E-state index < -0.39 is 11.9 Å². The molecule has 0 saturated carbocycles. The number of benzene rings is 1. The summed E-state index contributed by atoms with van der Waals surface area (Å²) in [5.41, 5.74) is 0.708. The lowest BCUT2D eigenvalue weighted by Crippen LogP contribution is -2.27. The maximum atomic E-state index is 10.4. The van der Waals surface area contributed by atoms with Gasteiger partial charge in [-0.1, -0.05) is 30.7 Å². The molecule has 0 aliphatic carbocycles. The van der Waals surface area contributed by atoms with Crippen LogP contribution in [0.15, 0.2) is 24.3 Å². The molecule has 1 rings (SSSR count). The first-order valence-electron chi connectivity index (χ1n) is 3.57. The van der Waals surface area contributed by atoms with Crippen LogP contribution in [0.25, 0.3) is 0 Å². The molecule has 1 atom stereocenters. The summed E-state index contributed by atoms with van der Waals surface area (Å²) in [6.45, 7) is 1.58. The number of aliphatic carboxylic acids is 1. The van der Waals surface area contributed by atoms with Gasteiger partial charge in [-0.15, -0.1) is 0 Å². The van der Waals surface area contributed by atoms with Crippen LogP contribution in [0, 0.1) is 0 Å². The number of carboxylic acid groups (broad SMARTS) is 1. The van der Waals surface area contributed by atoms with Crippen LogP contribution in [0.1, 0.15) is 18.4 Å². The van der Waals surface area contributed by atoms with Gasteiger partial charge in [-0.05, 0) is 17.7 Å². The number of hydrogen-bond donors (Lipinski definition) is 0. The first-order chi connectivity index (χ1) is 5.61. The van der Waals surface area contributed by atoms with Crippen LogP contribution in [0.3, 0.4) is 0 Å². The Balaban J connectivity index is 2.89. The third-order valence-corrected chi connectivity index (χ3v) is 1.98. The van der Waals surface area contributed by atoms with Gasteiger partial charge in [0.1, 0.15) is 0 Å². The van der Waals surface area contributed by atoms with E-state index in [4.69, 9.17) is 11.6 Å². The van der Waals surface area contributed by atoms with E-state index in [1.54, 1.807) is 31.2 Å². The maximum Gasteiger partial charge on any atom is 0.0486 e. The fourth-order valence-corrected chi connectivity index (χ4v) is 1.01. The zero-order valence-electron chi connectivity index (χ0n) is 6.58. The van der Waals surface area contributed by atoms with Crippen LogP contribution in [0.2, 0.25) is 5.02 Å². The largest absolute Gasteiger partial charge is 0.550 e. The minimum absolute atomic E-state index is 0.581. The number of hydrogen-bond acceptors (Lipinski definition) is 2. The van der Waals surface area contributed by atoms with Crippen molar-refractivity contribution in [1.82, 2.24) is 0 Å². The highest BCUT2D eigenvalue weighted by Gasteiger charge is 2.04. The average molecular weight is 184 g/mol. The van der Waals surface area contributed by atoms with Crippen molar-refractivity contribution >= 4 is 17.6 Å². The molecule has 0 unspecified atom stereocenters. The summed E-state index contributed by atoms with van der Waals surface area (Å²) < 4.78 is 0. The quantitative estimate of drug-likeness (QED) is 0.691. The normalized spacial score (nSPS) is 12.5. The SMILES string of the molecule is C[C@H](C(=O)[O-])c1ccc(Cl)cc1. The number of carbonyl (C=O) groups excluding carboxylic acids is 1. The third-order valence-electron chi connectivity index (χ3n) is 1.72. The van der Waals surface area contributed by atoms with Crippen molar-refractivity contribution in [2.45, 2.75) is 12.8 Å². The summed E-state index contributed by atoms with van der Waals surface area (Å²) in [5, 5.41) is 11.0. The molecule has 64 valence electrons. The molecular weight excluding hydrogens is 176 g/mol. The van der Waals surface area contributed by atoms with Gasteiger partial charge in [0.05, 0.1) is 0 Å². The molecular formula is C9H8ClO2-. The van der Waals surface area contributed by atoms with Gasteiger partial charge in [0.25, 0.3) is 0 Å². The highest BCUT2D eigenvalue weighted by atomic mass is 35.5. The standard InChI is InChI=1S/C9H9ClO2/c1-6(9(11)12)7-2-4-8(10)5-3-7/h2-6H,1H3,(H,11,12)/p-1/t6-/m0/s1. The molecule has 1 aromatic carbocycles. The predicted octanol–water partition coefficient (Wildman–Crippen LogP) is 1.19. The summed E-state index contributed by atoms with van der Waals surface area (Å²) in [5.74, 6) is -1.65. The van der Waals surface area contributed by atoms with E-state index in [-0.39, 0.29) is 0 Å². The van der Waals surface area contributed by atoms with Gasteiger partial charge in [-0.25, -0.2) is 0 Å². The Morgan fingerprint density at radius 2 is 1.92 bits per heavy atom. The zero-order chi connectivity index (χ0) is 9.14. The van der Waals surface area contributed by atoms with Gasteiger partial charge in [0.15, 0.2) is 0 Å². The zero-order valence-corrected chi connectivity index (χ0v) is 7.34. The van der Waals surface area contributed by atoms with E-state index in [2.05, 4.69) is 0 Å². The Kier molecular flexibility index (Phi) is 2.71. The van der Waals surface area contributed by atoms with E-state index in [9.17, 15) is 9.90 Å². The van der Waals surface area contributed by atoms with Crippen molar-refractivity contribution in [2.24, 2.45) is 0 Å². The second-order valence-electron chi connectivity index (χ2n) is 2.59. The smallest absolute Gasteiger partial charge is 0.0486 e. The summed E-state index contributed by atoms with van der Waals surface area (Å²) in [4.78, 5) is 10.4. The molecule has 2 nitrogen and oxygen atoms in total. The minimum Gasteiger partial charge on any atom is -0.550 e. The molecule has 0 spiro atoms. The fourth-order valence-electron chi connectivity index (χ4n) is 0.888. The van der Waals surface area contributed by atoms with E-state index in [1.807, 2.05) is 0 Å². The molecule has 0 saturated heterocycles. The summed E-state index contributed by atoms with van der Waals surface area (Å²) in [6, 6.07) is 6.69. The Morgan fingerprint density at radius 3 is 2.33 bits per heavy atom. The second kappa shape index (κ2) is 3.59. The third kappa shape index (κ3) is 1.98. The molecule has 0 aromatic heterocycles. The highest BCUT2D eigenvalue weighted by molar-refractivity contribution is 6.30. The summed E-state index contributed by atoms with van der Waals surface area (Å²) in [6.07, 6.45) is 0. The molecule has 12 heavy (non-hydrogen) atoms. The maximum absolute atomic E-state index is 10.4. The molecule has 0 aliphatic rings. The van der Waals surface area contributed by atoms with Crippen molar-refractivity contribution < 1.29 is 9.90 Å². The lowest BCUT2D eigenvalue weighted by Gasteiger charge is -2.12. The number of carboxylic acids is 1. The Hall–Kier alpha value is -1.02. The molecule has 0 amide bonds. The van der Waals surface area contributed by atoms with Crippen molar-refractivity contribution in [3.05, 3.63) is 34.9 Å².